The van der Waals surface area contributed by atoms with Gasteiger partial charge in [0.25, 0.3) is 5.91 Å². The van der Waals surface area contributed by atoms with Gasteiger partial charge in [-0.15, -0.1) is 0 Å². The minimum absolute atomic E-state index is 0. The van der Waals surface area contributed by atoms with Crippen molar-refractivity contribution < 1.29 is 14.7 Å². The summed E-state index contributed by atoms with van der Waals surface area (Å²) >= 11 is 1.56. The molecular formula is C33H32LiNO3S. The molecule has 0 bridgehead atoms. The summed E-state index contributed by atoms with van der Waals surface area (Å²) in [6.45, 7) is 2.01. The number of thioether (sulfide) groups is 1. The van der Waals surface area contributed by atoms with E-state index in [-0.39, 0.29) is 24.8 Å². The number of aryl methyl sites for hydroxylation is 1. The molecule has 0 saturated carbocycles. The van der Waals surface area contributed by atoms with Gasteiger partial charge in [0.05, 0.1) is 0 Å². The molecule has 0 fully saturated rings. The van der Waals surface area contributed by atoms with Crippen LogP contribution in [0.3, 0.4) is 0 Å². The Hall–Kier alpha value is -3.49. The quantitative estimate of drug-likeness (QED) is 0.175. The van der Waals surface area contributed by atoms with E-state index in [1.165, 1.54) is 0 Å². The normalized spacial score (nSPS) is 11.5. The van der Waals surface area contributed by atoms with Crippen LogP contribution in [0.15, 0.2) is 97.1 Å². The Labute approximate surface area is 246 Å². The van der Waals surface area contributed by atoms with Gasteiger partial charge in [-0.25, -0.2) is 4.79 Å². The third-order valence-electron chi connectivity index (χ3n) is 6.40. The van der Waals surface area contributed by atoms with E-state index in [0.717, 1.165) is 38.9 Å². The van der Waals surface area contributed by atoms with E-state index in [1.807, 2.05) is 79.9 Å². The molecule has 0 aliphatic rings. The number of hydrogen-bond donors (Lipinski definition) is 2. The molecule has 4 aromatic carbocycles. The van der Waals surface area contributed by atoms with Crippen molar-refractivity contribution in [2.45, 2.75) is 19.4 Å². The summed E-state index contributed by atoms with van der Waals surface area (Å²) in [6, 6.07) is 31.3. The molecule has 1 amide bonds. The van der Waals surface area contributed by atoms with Crippen molar-refractivity contribution in [1.29, 1.82) is 0 Å². The summed E-state index contributed by atoms with van der Waals surface area (Å²) in [7, 11) is 0. The summed E-state index contributed by atoms with van der Waals surface area (Å²) in [5.74, 6) is -0.762. The molecule has 39 heavy (non-hydrogen) atoms. The van der Waals surface area contributed by atoms with Crippen molar-refractivity contribution in [1.82, 2.24) is 5.32 Å². The third-order valence-corrected chi connectivity index (χ3v) is 7.04. The molecule has 4 rings (SSSR count). The number of rotatable bonds is 10. The first-order valence-corrected chi connectivity index (χ1v) is 13.9. The molecule has 0 aliphatic carbocycles. The van der Waals surface area contributed by atoms with Crippen LogP contribution in [0, 0.1) is 6.92 Å². The van der Waals surface area contributed by atoms with E-state index in [1.54, 1.807) is 17.8 Å². The van der Waals surface area contributed by atoms with Crippen LogP contribution >= 0.6 is 11.8 Å². The van der Waals surface area contributed by atoms with Crippen LogP contribution in [0.2, 0.25) is 0 Å². The molecule has 6 heteroatoms. The maximum absolute atomic E-state index is 13.3. The van der Waals surface area contributed by atoms with Gasteiger partial charge in [-0.3, -0.25) is 4.79 Å². The van der Waals surface area contributed by atoms with Crippen LogP contribution in [0.1, 0.15) is 33.5 Å². The fourth-order valence-electron chi connectivity index (χ4n) is 4.34. The zero-order valence-corrected chi connectivity index (χ0v) is 22.4. The number of carbonyl (C=O) groups excluding carboxylic acids is 1. The zero-order valence-electron chi connectivity index (χ0n) is 21.6. The van der Waals surface area contributed by atoms with Crippen molar-refractivity contribution in [2.24, 2.45) is 0 Å². The summed E-state index contributed by atoms with van der Waals surface area (Å²) in [4.78, 5) is 25.0. The number of aliphatic carboxylic acids is 1. The standard InChI is InChI=1S/C33H31NO3S.Li.H/c1-23-9-6-7-14-28(23)30-22-25(17-18-29(30)32(35)34-31(33(36)37)19-20-38-2)16-15-24-10-8-13-27(21-24)26-11-4-3-5-12-26;;/h3-18,21-22,31H,19-20H2,1-2H3,(H,34,35)(H,36,37);;/b16-15+;;. The van der Waals surface area contributed by atoms with Gasteiger partial charge in [0, 0.05) is 5.56 Å². The number of benzene rings is 4. The fourth-order valence-corrected chi connectivity index (χ4v) is 4.81. The van der Waals surface area contributed by atoms with Gasteiger partial charge in [-0.2, -0.15) is 11.8 Å². The van der Waals surface area contributed by atoms with E-state index >= 15 is 0 Å². The number of hydrogen-bond acceptors (Lipinski definition) is 3. The van der Waals surface area contributed by atoms with E-state index in [9.17, 15) is 14.7 Å². The van der Waals surface area contributed by atoms with Gasteiger partial charge in [0.1, 0.15) is 6.04 Å². The number of carboxylic acid groups (broad SMARTS) is 1. The second kappa shape index (κ2) is 14.6. The SMILES string of the molecule is CSCCC(NC(=O)c1ccc(/C=C/c2cccc(-c3ccccc3)c2)cc1-c1ccccc1C)C(=O)O.[LiH]. The predicted octanol–water partition coefficient (Wildman–Crippen LogP) is 6.79. The molecule has 0 saturated heterocycles. The van der Waals surface area contributed by atoms with E-state index in [2.05, 4.69) is 41.7 Å². The molecule has 0 heterocycles. The van der Waals surface area contributed by atoms with Gasteiger partial charge in [0.2, 0.25) is 0 Å². The second-order valence-corrected chi connectivity index (χ2v) is 10.1. The molecular weight excluding hydrogens is 497 g/mol. The Morgan fingerprint density at radius 3 is 2.18 bits per heavy atom. The Morgan fingerprint density at radius 2 is 1.49 bits per heavy atom. The van der Waals surface area contributed by atoms with Gasteiger partial charge in [0.15, 0.2) is 0 Å². The van der Waals surface area contributed by atoms with E-state index in [0.29, 0.717) is 17.7 Å². The van der Waals surface area contributed by atoms with Crippen LogP contribution in [0.25, 0.3) is 34.4 Å². The van der Waals surface area contributed by atoms with Crippen LogP contribution < -0.4 is 5.32 Å². The number of carbonyl (C=O) groups is 2. The minimum atomic E-state index is -1.03. The monoisotopic (exact) mass is 529 g/mol. The van der Waals surface area contributed by atoms with Crippen LogP contribution in [-0.4, -0.2) is 53.9 Å². The predicted molar refractivity (Wildman–Crippen MR) is 166 cm³/mol. The van der Waals surface area contributed by atoms with Crippen molar-refractivity contribution >= 4 is 54.7 Å². The average Bonchev–Trinajstić information content (AvgIpc) is 2.94. The topological polar surface area (TPSA) is 66.4 Å². The van der Waals surface area contributed by atoms with E-state index < -0.39 is 12.0 Å². The first-order chi connectivity index (χ1) is 18.5. The second-order valence-electron chi connectivity index (χ2n) is 9.09. The summed E-state index contributed by atoms with van der Waals surface area (Å²) in [5.41, 5.74) is 7.54. The first-order valence-electron chi connectivity index (χ1n) is 12.5. The Balaban J connectivity index is 0.00000420. The number of amides is 1. The van der Waals surface area contributed by atoms with Crippen LogP contribution in [0.5, 0.6) is 0 Å². The van der Waals surface area contributed by atoms with Gasteiger partial charge in [-0.1, -0.05) is 91.0 Å². The third kappa shape index (κ3) is 8.00. The van der Waals surface area contributed by atoms with Crippen molar-refractivity contribution in [2.75, 3.05) is 12.0 Å². The Kier molecular flexibility index (Phi) is 11.3. The molecule has 2 N–H and O–H groups in total. The maximum atomic E-state index is 13.3. The van der Waals surface area contributed by atoms with Crippen LogP contribution in [0.4, 0.5) is 0 Å². The number of nitrogens with one attached hydrogen (secondary N) is 1. The Bertz CT molecular complexity index is 1450. The van der Waals surface area contributed by atoms with Crippen molar-refractivity contribution in [3.05, 3.63) is 119 Å². The number of carboxylic acids is 1. The zero-order chi connectivity index (χ0) is 26.9. The Morgan fingerprint density at radius 1 is 0.821 bits per heavy atom. The molecule has 4 aromatic rings. The summed E-state index contributed by atoms with van der Waals surface area (Å²) < 4.78 is 0. The molecule has 0 spiro atoms. The van der Waals surface area contributed by atoms with Gasteiger partial charge < -0.3 is 10.4 Å². The van der Waals surface area contributed by atoms with Crippen LogP contribution in [-0.2, 0) is 4.79 Å². The molecule has 1 atom stereocenters. The summed E-state index contributed by atoms with van der Waals surface area (Å²) in [5, 5.41) is 12.3. The molecule has 194 valence electrons. The fraction of sp³-hybridized carbons (Fsp3) is 0.152. The molecule has 0 aromatic heterocycles. The van der Waals surface area contributed by atoms with Crippen molar-refractivity contribution in [3.63, 3.8) is 0 Å². The van der Waals surface area contributed by atoms with E-state index in [4.69, 9.17) is 0 Å². The first kappa shape index (κ1) is 30.1. The average molecular weight is 530 g/mol. The van der Waals surface area contributed by atoms with Gasteiger partial charge >= 0.3 is 24.8 Å². The molecule has 0 radical (unpaired) electrons. The van der Waals surface area contributed by atoms with Gasteiger partial charge in [-0.05, 0) is 82.5 Å². The molecule has 0 aliphatic heterocycles. The van der Waals surface area contributed by atoms with Crippen molar-refractivity contribution in [3.8, 4) is 22.3 Å². The summed E-state index contributed by atoms with van der Waals surface area (Å²) in [6.07, 6.45) is 6.38. The molecule has 1 unspecified atom stereocenters. The molecule has 4 nitrogen and oxygen atoms in total.